The van der Waals surface area contributed by atoms with Crippen LogP contribution >= 0.6 is 22.9 Å². The van der Waals surface area contributed by atoms with E-state index in [9.17, 15) is 9.59 Å². The van der Waals surface area contributed by atoms with E-state index in [0.29, 0.717) is 4.88 Å². The number of carbonyl (C=O) groups excluding carboxylic acids is 1. The molecule has 6 nitrogen and oxygen atoms in total. The molecule has 2 N–H and O–H groups in total. The Kier molecular flexibility index (Phi) is 5.51. The smallest absolute Gasteiger partial charge is 0.407 e. The third-order valence-corrected chi connectivity index (χ3v) is 6.24. The van der Waals surface area contributed by atoms with Gasteiger partial charge in [0.05, 0.1) is 22.9 Å². The minimum Gasteiger partial charge on any atom is -0.481 e. The van der Waals surface area contributed by atoms with Gasteiger partial charge in [0, 0.05) is 5.92 Å². The van der Waals surface area contributed by atoms with Crippen molar-refractivity contribution in [3.05, 3.63) is 75.2 Å². The van der Waals surface area contributed by atoms with Crippen molar-refractivity contribution in [3.8, 4) is 11.1 Å². The van der Waals surface area contributed by atoms with Gasteiger partial charge < -0.3 is 15.2 Å². The molecular weight excluding hydrogens is 412 g/mol. The number of thiazole rings is 1. The molecule has 0 aliphatic heterocycles. The van der Waals surface area contributed by atoms with Crippen molar-refractivity contribution in [3.63, 3.8) is 0 Å². The van der Waals surface area contributed by atoms with Gasteiger partial charge in [-0.3, -0.25) is 4.79 Å². The summed E-state index contributed by atoms with van der Waals surface area (Å²) in [6, 6.07) is 15.3. The molecule has 3 aromatic rings. The summed E-state index contributed by atoms with van der Waals surface area (Å²) in [6.45, 7) is 0.149. The first kappa shape index (κ1) is 19.4. The van der Waals surface area contributed by atoms with Crippen LogP contribution in [-0.4, -0.2) is 28.8 Å². The summed E-state index contributed by atoms with van der Waals surface area (Å²) < 4.78 is 5.49. The summed E-state index contributed by atoms with van der Waals surface area (Å²) in [5.41, 5.74) is 5.99. The SMILES string of the molecule is O=C(O)C[C@H](NC(=O)OCC1c2ccccc2-c2ccccc21)c1scnc1Cl. The lowest BCUT2D eigenvalue weighted by Crippen LogP contribution is -2.31. The van der Waals surface area contributed by atoms with E-state index in [2.05, 4.69) is 22.4 Å². The summed E-state index contributed by atoms with van der Waals surface area (Å²) in [6.07, 6.45) is -1.01. The van der Waals surface area contributed by atoms with Gasteiger partial charge in [-0.15, -0.1) is 11.3 Å². The maximum absolute atomic E-state index is 12.4. The summed E-state index contributed by atoms with van der Waals surface area (Å²) in [5, 5.41) is 11.9. The molecule has 1 aliphatic rings. The number of alkyl carbamates (subject to hydrolysis) is 1. The van der Waals surface area contributed by atoms with Gasteiger partial charge in [0.2, 0.25) is 0 Å². The highest BCUT2D eigenvalue weighted by molar-refractivity contribution is 7.10. The third kappa shape index (κ3) is 3.97. The molecule has 148 valence electrons. The lowest BCUT2D eigenvalue weighted by Gasteiger charge is -2.18. The molecule has 4 rings (SSSR count). The zero-order valence-electron chi connectivity index (χ0n) is 15.2. The van der Waals surface area contributed by atoms with E-state index in [4.69, 9.17) is 21.4 Å². The predicted octanol–water partition coefficient (Wildman–Crippen LogP) is 4.85. The van der Waals surface area contributed by atoms with Crippen LogP contribution in [-0.2, 0) is 9.53 Å². The Hall–Kier alpha value is -2.90. The fourth-order valence-corrected chi connectivity index (χ4v) is 4.73. The van der Waals surface area contributed by atoms with Crippen LogP contribution in [0.3, 0.4) is 0 Å². The largest absolute Gasteiger partial charge is 0.481 e. The second-order valence-electron chi connectivity index (χ2n) is 6.63. The molecule has 1 heterocycles. The first-order valence-electron chi connectivity index (χ1n) is 8.96. The van der Waals surface area contributed by atoms with Crippen LogP contribution < -0.4 is 5.32 Å². The van der Waals surface area contributed by atoms with Gasteiger partial charge in [0.1, 0.15) is 11.8 Å². The quantitative estimate of drug-likeness (QED) is 0.585. The van der Waals surface area contributed by atoms with Crippen molar-refractivity contribution in [2.75, 3.05) is 6.61 Å². The molecule has 1 amide bonds. The molecular formula is C21H17ClN2O4S. The van der Waals surface area contributed by atoms with Crippen LogP contribution in [0.15, 0.2) is 54.0 Å². The second-order valence-corrected chi connectivity index (χ2v) is 7.87. The highest BCUT2D eigenvalue weighted by Gasteiger charge is 2.30. The van der Waals surface area contributed by atoms with E-state index in [1.165, 1.54) is 16.8 Å². The number of ether oxygens (including phenoxy) is 1. The minimum atomic E-state index is -1.06. The van der Waals surface area contributed by atoms with E-state index in [1.807, 2.05) is 36.4 Å². The number of benzene rings is 2. The van der Waals surface area contributed by atoms with Crippen LogP contribution in [0.2, 0.25) is 5.15 Å². The van der Waals surface area contributed by atoms with E-state index < -0.39 is 18.1 Å². The second kappa shape index (κ2) is 8.23. The number of halogens is 1. The number of hydrogen-bond donors (Lipinski definition) is 2. The maximum atomic E-state index is 12.4. The fraction of sp³-hybridized carbons (Fsp3) is 0.190. The number of carboxylic acid groups (broad SMARTS) is 1. The van der Waals surface area contributed by atoms with Gasteiger partial charge in [-0.1, -0.05) is 60.1 Å². The first-order valence-corrected chi connectivity index (χ1v) is 10.2. The fourth-order valence-electron chi connectivity index (χ4n) is 3.63. The van der Waals surface area contributed by atoms with Crippen LogP contribution in [0.25, 0.3) is 11.1 Å². The number of nitrogens with zero attached hydrogens (tertiary/aromatic N) is 1. The van der Waals surface area contributed by atoms with Crippen molar-refractivity contribution in [1.29, 1.82) is 0 Å². The van der Waals surface area contributed by atoms with Crippen molar-refractivity contribution < 1.29 is 19.4 Å². The van der Waals surface area contributed by atoms with E-state index in [-0.39, 0.29) is 24.1 Å². The predicted molar refractivity (Wildman–Crippen MR) is 110 cm³/mol. The van der Waals surface area contributed by atoms with Crippen molar-refractivity contribution >= 4 is 35.0 Å². The van der Waals surface area contributed by atoms with Crippen molar-refractivity contribution in [1.82, 2.24) is 10.3 Å². The van der Waals surface area contributed by atoms with Crippen LogP contribution in [0.1, 0.15) is 34.4 Å². The molecule has 1 aliphatic carbocycles. The zero-order valence-corrected chi connectivity index (χ0v) is 16.7. The lowest BCUT2D eigenvalue weighted by molar-refractivity contribution is -0.137. The summed E-state index contributed by atoms with van der Waals surface area (Å²) in [5.74, 6) is -1.13. The first-order chi connectivity index (χ1) is 14.0. The molecule has 1 aromatic heterocycles. The minimum absolute atomic E-state index is 0.0712. The summed E-state index contributed by atoms with van der Waals surface area (Å²) >= 11 is 7.20. The summed E-state index contributed by atoms with van der Waals surface area (Å²) in [4.78, 5) is 28.0. The number of amides is 1. The molecule has 0 fully saturated rings. The summed E-state index contributed by atoms with van der Waals surface area (Å²) in [7, 11) is 0. The Labute approximate surface area is 176 Å². The molecule has 0 bridgehead atoms. The molecule has 0 radical (unpaired) electrons. The Morgan fingerprint density at radius 2 is 1.76 bits per heavy atom. The normalized spacial score (nSPS) is 13.4. The number of hydrogen-bond acceptors (Lipinski definition) is 5. The van der Waals surface area contributed by atoms with Crippen LogP contribution in [0.5, 0.6) is 0 Å². The van der Waals surface area contributed by atoms with Gasteiger partial charge in [-0.25, -0.2) is 9.78 Å². The molecule has 0 saturated carbocycles. The molecule has 8 heteroatoms. The van der Waals surface area contributed by atoms with E-state index in [0.717, 1.165) is 22.3 Å². The van der Waals surface area contributed by atoms with Crippen LogP contribution in [0.4, 0.5) is 4.79 Å². The standard InChI is InChI=1S/C21H17ClN2O4S/c22-20-19(29-11-23-20)17(9-18(25)26)24-21(27)28-10-16-14-7-3-1-5-12(14)13-6-2-4-8-15(13)16/h1-8,11,16-17H,9-10H2,(H,24,27)(H,25,26)/t17-/m0/s1. The average molecular weight is 429 g/mol. The van der Waals surface area contributed by atoms with E-state index >= 15 is 0 Å². The molecule has 0 spiro atoms. The number of aromatic nitrogens is 1. The number of carboxylic acids is 1. The number of carbonyl (C=O) groups is 2. The average Bonchev–Trinajstić information content (AvgIpc) is 3.27. The molecule has 2 aromatic carbocycles. The Morgan fingerprint density at radius 3 is 2.31 bits per heavy atom. The molecule has 0 unspecified atom stereocenters. The molecule has 1 atom stereocenters. The maximum Gasteiger partial charge on any atom is 0.407 e. The van der Waals surface area contributed by atoms with E-state index in [1.54, 1.807) is 0 Å². The number of rotatable bonds is 6. The number of aliphatic carboxylic acids is 1. The van der Waals surface area contributed by atoms with Crippen LogP contribution in [0, 0.1) is 0 Å². The lowest BCUT2D eigenvalue weighted by atomic mass is 9.98. The molecule has 29 heavy (non-hydrogen) atoms. The van der Waals surface area contributed by atoms with Gasteiger partial charge in [0.25, 0.3) is 0 Å². The Bertz CT molecular complexity index is 1020. The third-order valence-electron chi connectivity index (χ3n) is 4.88. The Balaban J connectivity index is 1.48. The monoisotopic (exact) mass is 428 g/mol. The number of fused-ring (bicyclic) bond motifs is 3. The molecule has 0 saturated heterocycles. The topological polar surface area (TPSA) is 88.5 Å². The van der Waals surface area contributed by atoms with Gasteiger partial charge >= 0.3 is 12.1 Å². The van der Waals surface area contributed by atoms with Gasteiger partial charge in [-0.05, 0) is 22.3 Å². The highest BCUT2D eigenvalue weighted by atomic mass is 35.5. The number of nitrogens with one attached hydrogen (secondary N) is 1. The van der Waals surface area contributed by atoms with Gasteiger partial charge in [-0.2, -0.15) is 0 Å². The van der Waals surface area contributed by atoms with Crippen molar-refractivity contribution in [2.45, 2.75) is 18.4 Å². The highest BCUT2D eigenvalue weighted by Crippen LogP contribution is 2.44. The zero-order chi connectivity index (χ0) is 20.4. The van der Waals surface area contributed by atoms with Crippen molar-refractivity contribution in [2.24, 2.45) is 0 Å². The Morgan fingerprint density at radius 1 is 1.14 bits per heavy atom. The van der Waals surface area contributed by atoms with Gasteiger partial charge in [0.15, 0.2) is 0 Å².